The van der Waals surface area contributed by atoms with Gasteiger partial charge in [-0.2, -0.15) is 0 Å². The molecule has 2 aliphatic heterocycles. The van der Waals surface area contributed by atoms with Crippen LogP contribution in [0.3, 0.4) is 0 Å². The zero-order chi connectivity index (χ0) is 81.4. The van der Waals surface area contributed by atoms with Gasteiger partial charge in [0.25, 0.3) is 0 Å². The molecule has 2 fully saturated rings. The molecule has 0 amide bonds. The summed E-state index contributed by atoms with van der Waals surface area (Å²) >= 11 is 0. The third-order valence-electron chi connectivity index (χ3n) is 16.1. The summed E-state index contributed by atoms with van der Waals surface area (Å²) in [5.41, 5.74) is -8.03. The van der Waals surface area contributed by atoms with E-state index >= 15 is 0 Å². The van der Waals surface area contributed by atoms with Crippen LogP contribution in [-0.4, -0.2) is 245 Å². The SMILES string of the molecule is O=C(OC[C@H]1O[C@@H](O[C@H]2[C@H](OC(=O)c3cc(O)c(O)c(O)c3)[C@@H](OC(=O)c3cc(O)c(O)c(O)c3)[C@@H](OC(=O)c3cc(O)c(O)c(O)c3)O[C@@H]2COC(=O)c2cc(O)c(O)c(O)c2)[C@H](OC(=O)c2cc(O)c(O)c(O)c2)[C@@H](OC(=O)c2cc(O)c(O)c(O)c2)[C@H]1OC(=O)c1cc(O)c(O)c(O)c1)c1cc(O)c(O)c(O)c1. The first-order chi connectivity index (χ1) is 52.2. The fourth-order valence-electron chi connectivity index (χ4n) is 10.6. The minimum Gasteiger partial charge on any atom is -0.504 e. The van der Waals surface area contributed by atoms with Crippen molar-refractivity contribution in [3.8, 4) is 138 Å². The fraction of sp³-hybridized carbons (Fsp3) is 0.176. The zero-order valence-corrected chi connectivity index (χ0v) is 54.9. The average Bonchev–Trinajstić information content (AvgIpc) is 0.752. The summed E-state index contributed by atoms with van der Waals surface area (Å²) < 4.78 is 64.8. The van der Waals surface area contributed by atoms with Crippen LogP contribution in [0.25, 0.3) is 0 Å². The van der Waals surface area contributed by atoms with Gasteiger partial charge in [-0.25, -0.2) is 38.4 Å². The number of benzene rings is 8. The van der Waals surface area contributed by atoms with Crippen LogP contribution in [0.15, 0.2) is 97.1 Å². The van der Waals surface area contributed by atoms with Crippen LogP contribution in [0.5, 0.6) is 138 Å². The number of phenols is 24. The van der Waals surface area contributed by atoms with Gasteiger partial charge in [-0.05, 0) is 97.1 Å². The van der Waals surface area contributed by atoms with E-state index < -0.39 is 305 Å². The van der Waals surface area contributed by atoms with Crippen molar-refractivity contribution >= 4 is 47.8 Å². The van der Waals surface area contributed by atoms with Crippen LogP contribution >= 0.6 is 0 Å². The molecule has 0 saturated carbocycles. The minimum atomic E-state index is -3.11. The predicted octanol–water partition coefficient (Wildman–Crippen LogP) is 2.45. The van der Waals surface area contributed by atoms with Crippen LogP contribution in [0, 0.1) is 0 Å². The van der Waals surface area contributed by atoms with Gasteiger partial charge in [0.2, 0.25) is 12.4 Å². The highest BCUT2D eigenvalue weighted by atomic mass is 16.8. The van der Waals surface area contributed by atoms with E-state index in [1.807, 2.05) is 0 Å². The van der Waals surface area contributed by atoms with Gasteiger partial charge in [-0.15, -0.1) is 0 Å². The Labute approximate surface area is 613 Å². The molecule has 111 heavy (non-hydrogen) atoms. The van der Waals surface area contributed by atoms with Gasteiger partial charge in [0.05, 0.1) is 44.5 Å². The van der Waals surface area contributed by atoms with Gasteiger partial charge in [0, 0.05) is 0 Å². The molecule has 2 heterocycles. The number of carbonyl (C=O) groups is 8. The molecule has 2 saturated heterocycles. The summed E-state index contributed by atoms with van der Waals surface area (Å²) in [5, 5.41) is 251. The molecule has 10 atom stereocenters. The lowest BCUT2D eigenvalue weighted by atomic mass is 9.95. The van der Waals surface area contributed by atoms with Crippen molar-refractivity contribution in [3.63, 3.8) is 0 Å². The van der Waals surface area contributed by atoms with Crippen molar-refractivity contribution in [2.45, 2.75) is 61.4 Å². The standard InChI is InChI=1S/C68H54O43/c69-27-1-19(2-28(70)45(27)85)59(93)101-17-43-53(105-61(95)21-5-31(73)47(87)32(74)6-21)55(106-62(96)22-7-33(75)48(88)34(76)8-22)57(108-64(98)24-11-37(79)50(90)38(80)12-24)67(103-43)110-54-44(18-102-60(94)20-3-29(71)46(86)30(72)4-20)104-68(111-66(100)26-15-41(83)52(92)42(84)16-26)58(109-65(99)25-13-39(81)51(91)40(82)14-25)56(54)107-63(97)23-9-35(77)49(89)36(78)10-23/h1-16,43-44,53-58,67-92H,17-18H2/t43-,44-,53+,54-,55+,56+,57-,58-,67+,68-/m1/s1. The smallest absolute Gasteiger partial charge is 0.340 e. The maximum Gasteiger partial charge on any atom is 0.340 e. The number of hydrogen-bond acceptors (Lipinski definition) is 43. The van der Waals surface area contributed by atoms with Crippen molar-refractivity contribution in [2.75, 3.05) is 13.2 Å². The van der Waals surface area contributed by atoms with E-state index in [2.05, 4.69) is 0 Å². The predicted molar refractivity (Wildman–Crippen MR) is 346 cm³/mol. The number of rotatable bonds is 20. The Morgan fingerprint density at radius 2 is 0.387 bits per heavy atom. The number of carbonyl (C=O) groups excluding carboxylic acids is 8. The minimum absolute atomic E-state index is 0.374. The van der Waals surface area contributed by atoms with Gasteiger partial charge in [0.15, 0.2) is 169 Å². The first-order valence-electron chi connectivity index (χ1n) is 30.8. The summed E-state index contributed by atoms with van der Waals surface area (Å²) in [6.45, 7) is -3.24. The van der Waals surface area contributed by atoms with Crippen molar-refractivity contribution in [2.24, 2.45) is 0 Å². The fourth-order valence-corrected chi connectivity index (χ4v) is 10.6. The van der Waals surface area contributed by atoms with Crippen LogP contribution in [0.2, 0.25) is 0 Å². The van der Waals surface area contributed by atoms with Crippen LogP contribution in [0.1, 0.15) is 82.9 Å². The summed E-state index contributed by atoms with van der Waals surface area (Å²) in [6, 6.07) is 6.65. The van der Waals surface area contributed by atoms with Gasteiger partial charge < -0.3 is 175 Å². The second-order valence-electron chi connectivity index (χ2n) is 23.5. The lowest BCUT2D eigenvalue weighted by Gasteiger charge is -2.48. The number of esters is 8. The molecule has 43 heteroatoms. The number of hydrogen-bond donors (Lipinski definition) is 24. The first kappa shape index (κ1) is 78.2. The molecule has 0 radical (unpaired) electrons. The maximum absolute atomic E-state index is 15.0. The molecule has 24 N–H and O–H groups in total. The second kappa shape index (κ2) is 31.0. The molecule has 10 rings (SSSR count). The monoisotopic (exact) mass is 1560 g/mol. The highest BCUT2D eigenvalue weighted by Crippen LogP contribution is 2.46. The molecule has 8 aromatic rings. The first-order valence-corrected chi connectivity index (χ1v) is 30.8. The van der Waals surface area contributed by atoms with Gasteiger partial charge in [-0.1, -0.05) is 0 Å². The number of aromatic hydroxyl groups is 24. The van der Waals surface area contributed by atoms with E-state index in [1.54, 1.807) is 0 Å². The van der Waals surface area contributed by atoms with E-state index in [0.717, 1.165) is 0 Å². The lowest BCUT2D eigenvalue weighted by molar-refractivity contribution is -0.351. The molecule has 0 unspecified atom stereocenters. The lowest BCUT2D eigenvalue weighted by Crippen LogP contribution is -2.67. The molecule has 0 aliphatic carbocycles. The Kier molecular flexibility index (Phi) is 21.8. The van der Waals surface area contributed by atoms with E-state index in [-0.39, 0.29) is 0 Å². The molecule has 2 aliphatic rings. The van der Waals surface area contributed by atoms with Crippen LogP contribution in [0.4, 0.5) is 0 Å². The molecule has 0 spiro atoms. The van der Waals surface area contributed by atoms with Crippen LogP contribution < -0.4 is 0 Å². The highest BCUT2D eigenvalue weighted by Gasteiger charge is 2.59. The Hall–Kier alpha value is -15.4. The molecule has 8 aromatic carbocycles. The summed E-state index contributed by atoms with van der Waals surface area (Å²) in [4.78, 5) is 117. The topological polar surface area (TPSA) is 724 Å². The molecule has 584 valence electrons. The molecular formula is C68H54O43. The van der Waals surface area contributed by atoms with Crippen molar-refractivity contribution in [1.82, 2.24) is 0 Å². The third-order valence-corrected chi connectivity index (χ3v) is 16.1. The van der Waals surface area contributed by atoms with Gasteiger partial charge >= 0.3 is 47.8 Å². The molecule has 0 bridgehead atoms. The van der Waals surface area contributed by atoms with E-state index in [0.29, 0.717) is 97.1 Å². The van der Waals surface area contributed by atoms with Crippen molar-refractivity contribution in [1.29, 1.82) is 0 Å². The normalized spacial score (nSPS) is 19.3. The summed E-state index contributed by atoms with van der Waals surface area (Å²) in [7, 11) is 0. The van der Waals surface area contributed by atoms with E-state index in [4.69, 9.17) is 52.1 Å². The van der Waals surface area contributed by atoms with Crippen LogP contribution in [-0.2, 0) is 52.1 Å². The Morgan fingerprint density at radius 1 is 0.216 bits per heavy atom. The Bertz CT molecular complexity index is 4920. The van der Waals surface area contributed by atoms with Gasteiger partial charge in [0.1, 0.15) is 31.5 Å². The van der Waals surface area contributed by atoms with Gasteiger partial charge in [-0.3, -0.25) is 0 Å². The van der Waals surface area contributed by atoms with Crippen molar-refractivity contribution < 1.29 is 213 Å². The summed E-state index contributed by atoms with van der Waals surface area (Å²) in [5.74, 6) is -45.5. The van der Waals surface area contributed by atoms with E-state index in [1.165, 1.54) is 0 Å². The zero-order valence-electron chi connectivity index (χ0n) is 54.9. The Morgan fingerprint density at radius 3 is 0.631 bits per heavy atom. The number of ether oxygens (including phenoxy) is 11. The molecular weight excluding hydrogens is 1500 g/mol. The molecule has 0 aromatic heterocycles. The number of phenolic OH excluding ortho intramolecular Hbond substituents is 24. The highest BCUT2D eigenvalue weighted by molar-refractivity contribution is 5.96. The third kappa shape index (κ3) is 16.4. The quantitative estimate of drug-likeness (QED) is 0.0296. The maximum atomic E-state index is 15.0. The second-order valence-corrected chi connectivity index (χ2v) is 23.5. The van der Waals surface area contributed by atoms with E-state index in [9.17, 15) is 161 Å². The summed E-state index contributed by atoms with van der Waals surface area (Å²) in [6.07, 6.45) is -29.2. The average molecular weight is 1560 g/mol. The largest absolute Gasteiger partial charge is 0.504 e. The molecule has 43 nitrogen and oxygen atoms in total. The van der Waals surface area contributed by atoms with Crippen molar-refractivity contribution in [3.05, 3.63) is 142 Å². The Balaban J connectivity index is 1.25.